The smallest absolute Gasteiger partial charge is 0.330 e. The quantitative estimate of drug-likeness (QED) is 0.0745. The van der Waals surface area contributed by atoms with Crippen LogP contribution in [0, 0.1) is 0 Å². The van der Waals surface area contributed by atoms with Gasteiger partial charge in [-0.25, -0.2) is 4.79 Å². The molecule has 12 heteroatoms. The summed E-state index contributed by atoms with van der Waals surface area (Å²) in [5.74, 6) is -2.57. The predicted octanol–water partition coefficient (Wildman–Crippen LogP) is 1.11. The Hall–Kier alpha value is -3.44. The van der Waals surface area contributed by atoms with Crippen LogP contribution in [-0.4, -0.2) is 75.2 Å². The van der Waals surface area contributed by atoms with Gasteiger partial charge in [-0.05, 0) is 38.5 Å². The number of carbonyl (C=O) groups is 6. The molecule has 0 saturated carbocycles. The second-order valence-corrected chi connectivity index (χ2v) is 7.66. The summed E-state index contributed by atoms with van der Waals surface area (Å²) in [6, 6.07) is 0. The maximum Gasteiger partial charge on any atom is 0.330 e. The molecule has 0 rings (SSSR count). The van der Waals surface area contributed by atoms with Crippen LogP contribution >= 0.6 is 0 Å². The summed E-state index contributed by atoms with van der Waals surface area (Å²) in [5, 5.41) is 5.02. The summed E-state index contributed by atoms with van der Waals surface area (Å²) < 4.78 is 19.7. The lowest BCUT2D eigenvalue weighted by Crippen LogP contribution is -2.34. The van der Waals surface area contributed by atoms with Crippen LogP contribution in [0.1, 0.15) is 64.7 Å². The maximum absolute atomic E-state index is 11.7. The highest BCUT2D eigenvalue weighted by Crippen LogP contribution is 2.05. The van der Waals surface area contributed by atoms with Crippen LogP contribution in [0.25, 0.3) is 0 Å². The lowest BCUT2D eigenvalue weighted by Gasteiger charge is -2.07. The minimum absolute atomic E-state index is 0.00224. The Morgan fingerprint density at radius 2 is 1.14 bits per heavy atom. The average molecular weight is 515 g/mol. The lowest BCUT2D eigenvalue weighted by atomic mass is 10.2. The zero-order valence-electron chi connectivity index (χ0n) is 21.0. The van der Waals surface area contributed by atoms with Gasteiger partial charge in [0.1, 0.15) is 19.6 Å². The van der Waals surface area contributed by atoms with Crippen molar-refractivity contribution in [2.45, 2.75) is 64.7 Å². The van der Waals surface area contributed by atoms with Crippen LogP contribution in [0.2, 0.25) is 0 Å². The molecule has 2 N–H and O–H groups in total. The molecular weight excluding hydrogens is 476 g/mol. The zero-order chi connectivity index (χ0) is 27.0. The number of ether oxygens (including phenoxy) is 4. The molecular formula is C24H38N2O10. The van der Waals surface area contributed by atoms with Crippen molar-refractivity contribution in [2.24, 2.45) is 0 Å². The average Bonchev–Trinajstić information content (AvgIpc) is 2.83. The van der Waals surface area contributed by atoms with Crippen LogP contribution in [0.4, 0.5) is 0 Å². The van der Waals surface area contributed by atoms with Gasteiger partial charge >= 0.3 is 23.9 Å². The predicted molar refractivity (Wildman–Crippen MR) is 127 cm³/mol. The molecule has 2 amide bonds. The van der Waals surface area contributed by atoms with E-state index in [0.717, 1.165) is 6.08 Å². The van der Waals surface area contributed by atoms with Gasteiger partial charge in [-0.15, -0.1) is 0 Å². The SMILES string of the molecule is C=CC(=O)OCCOC(=O)CCCCCOC(=O)CCCCCOC(=O)CC(=O)NCCNC(C)=O. The molecule has 0 aliphatic carbocycles. The van der Waals surface area contributed by atoms with Crippen molar-refractivity contribution in [3.63, 3.8) is 0 Å². The van der Waals surface area contributed by atoms with Crippen molar-refractivity contribution in [3.8, 4) is 0 Å². The highest BCUT2D eigenvalue weighted by Gasteiger charge is 2.10. The molecule has 0 atom stereocenters. The third-order valence-electron chi connectivity index (χ3n) is 4.46. The first-order valence-corrected chi connectivity index (χ1v) is 12.0. The maximum atomic E-state index is 11.7. The molecule has 0 spiro atoms. The van der Waals surface area contributed by atoms with E-state index in [1.165, 1.54) is 6.92 Å². The summed E-state index contributed by atoms with van der Waals surface area (Å²) in [4.78, 5) is 67.9. The first kappa shape index (κ1) is 32.6. The fourth-order valence-electron chi connectivity index (χ4n) is 2.65. The van der Waals surface area contributed by atoms with Crippen molar-refractivity contribution < 1.29 is 47.7 Å². The van der Waals surface area contributed by atoms with Crippen LogP contribution in [-0.2, 0) is 47.7 Å². The number of hydrogen-bond acceptors (Lipinski definition) is 10. The molecule has 0 aromatic heterocycles. The van der Waals surface area contributed by atoms with Crippen LogP contribution in [0.5, 0.6) is 0 Å². The number of amides is 2. The van der Waals surface area contributed by atoms with Gasteiger partial charge in [0.2, 0.25) is 11.8 Å². The Morgan fingerprint density at radius 1 is 0.639 bits per heavy atom. The van der Waals surface area contributed by atoms with Gasteiger partial charge in [0, 0.05) is 38.9 Å². The summed E-state index contributed by atoms with van der Waals surface area (Å²) in [6.45, 7) is 5.56. The van der Waals surface area contributed by atoms with Gasteiger partial charge in [0.15, 0.2) is 0 Å². The Bertz CT molecular complexity index is 724. The molecule has 204 valence electrons. The van der Waals surface area contributed by atoms with E-state index < -0.39 is 17.8 Å². The van der Waals surface area contributed by atoms with Crippen molar-refractivity contribution in [2.75, 3.05) is 39.5 Å². The van der Waals surface area contributed by atoms with Crippen molar-refractivity contribution in [1.29, 1.82) is 0 Å². The molecule has 0 heterocycles. The number of nitrogens with one attached hydrogen (secondary N) is 2. The largest absolute Gasteiger partial charge is 0.466 e. The van der Waals surface area contributed by atoms with Crippen LogP contribution in [0.3, 0.4) is 0 Å². The van der Waals surface area contributed by atoms with Crippen molar-refractivity contribution in [3.05, 3.63) is 12.7 Å². The topological polar surface area (TPSA) is 163 Å². The minimum Gasteiger partial charge on any atom is -0.466 e. The Kier molecular flexibility index (Phi) is 19.9. The van der Waals surface area contributed by atoms with Gasteiger partial charge < -0.3 is 29.6 Å². The van der Waals surface area contributed by atoms with E-state index in [2.05, 4.69) is 21.9 Å². The highest BCUT2D eigenvalue weighted by molar-refractivity contribution is 5.94. The monoisotopic (exact) mass is 514 g/mol. The Balaban J connectivity index is 3.52. The molecule has 0 bridgehead atoms. The molecule has 0 saturated heterocycles. The van der Waals surface area contributed by atoms with E-state index in [9.17, 15) is 28.8 Å². The first-order chi connectivity index (χ1) is 17.2. The number of esters is 4. The van der Waals surface area contributed by atoms with Gasteiger partial charge in [0.25, 0.3) is 0 Å². The van der Waals surface area contributed by atoms with E-state index in [-0.39, 0.29) is 76.6 Å². The lowest BCUT2D eigenvalue weighted by molar-refractivity contribution is -0.149. The zero-order valence-corrected chi connectivity index (χ0v) is 21.0. The first-order valence-electron chi connectivity index (χ1n) is 12.0. The minimum atomic E-state index is -0.631. The third-order valence-corrected chi connectivity index (χ3v) is 4.46. The number of rotatable bonds is 21. The second-order valence-electron chi connectivity index (χ2n) is 7.66. The molecule has 0 aliphatic heterocycles. The third kappa shape index (κ3) is 22.4. The number of unbranched alkanes of at least 4 members (excludes halogenated alkanes) is 4. The molecule has 0 fully saturated rings. The second kappa shape index (κ2) is 22.1. The Morgan fingerprint density at radius 3 is 1.69 bits per heavy atom. The van der Waals surface area contributed by atoms with E-state index in [1.807, 2.05) is 0 Å². The van der Waals surface area contributed by atoms with Gasteiger partial charge in [0.05, 0.1) is 13.2 Å². The van der Waals surface area contributed by atoms with E-state index >= 15 is 0 Å². The van der Waals surface area contributed by atoms with Crippen molar-refractivity contribution >= 4 is 35.7 Å². The standard InChI is InChI=1S/C24H38N2O10/c1-3-21(29)35-16-17-36-23(31)11-7-4-8-14-33-22(30)10-6-5-9-15-34-24(32)18-20(28)26-13-12-25-19(2)27/h3H,1,4-18H2,2H3,(H,25,27)(H,26,28). The van der Waals surface area contributed by atoms with E-state index in [1.54, 1.807) is 0 Å². The fraction of sp³-hybridized carbons (Fsp3) is 0.667. The van der Waals surface area contributed by atoms with Gasteiger partial charge in [-0.2, -0.15) is 0 Å². The number of carbonyl (C=O) groups excluding carboxylic acids is 6. The normalized spacial score (nSPS) is 10.0. The fourth-order valence-corrected chi connectivity index (χ4v) is 2.65. The molecule has 0 aliphatic rings. The van der Waals surface area contributed by atoms with Crippen molar-refractivity contribution in [1.82, 2.24) is 10.6 Å². The Labute approximate surface area is 211 Å². The molecule has 0 unspecified atom stereocenters. The molecule has 0 aromatic rings. The summed E-state index contributed by atoms with van der Waals surface area (Å²) in [6.07, 6.45) is 4.89. The molecule has 0 radical (unpaired) electrons. The summed E-state index contributed by atoms with van der Waals surface area (Å²) in [7, 11) is 0. The van der Waals surface area contributed by atoms with Gasteiger partial charge in [-0.1, -0.05) is 6.58 Å². The highest BCUT2D eigenvalue weighted by atomic mass is 16.6. The summed E-state index contributed by atoms with van der Waals surface area (Å²) in [5.41, 5.74) is 0. The van der Waals surface area contributed by atoms with E-state index in [0.29, 0.717) is 38.5 Å². The van der Waals surface area contributed by atoms with E-state index in [4.69, 9.17) is 14.2 Å². The van der Waals surface area contributed by atoms with Crippen LogP contribution in [0.15, 0.2) is 12.7 Å². The molecule has 0 aromatic carbocycles. The molecule has 36 heavy (non-hydrogen) atoms. The number of hydrogen-bond donors (Lipinski definition) is 2. The summed E-state index contributed by atoms with van der Waals surface area (Å²) >= 11 is 0. The molecule has 12 nitrogen and oxygen atoms in total. The van der Waals surface area contributed by atoms with Gasteiger partial charge in [-0.3, -0.25) is 24.0 Å². The van der Waals surface area contributed by atoms with Crippen LogP contribution < -0.4 is 10.6 Å².